The number of pyridine rings is 1. The molecule has 1 aliphatic carbocycles. The van der Waals surface area contributed by atoms with E-state index in [0.29, 0.717) is 15.5 Å². The Morgan fingerprint density at radius 1 is 1.15 bits per heavy atom. The largest absolute Gasteiger partial charge is 0.244 e. The normalized spacial score (nSPS) is 13.1. The van der Waals surface area contributed by atoms with Crippen molar-refractivity contribution in [2.45, 2.75) is 29.2 Å². The Kier molecular flexibility index (Phi) is 3.41. The van der Waals surface area contributed by atoms with Crippen LogP contribution in [-0.4, -0.2) is 4.98 Å². The van der Waals surface area contributed by atoms with Crippen LogP contribution in [0.3, 0.4) is 0 Å². The van der Waals surface area contributed by atoms with Crippen LogP contribution in [0.2, 0.25) is 0 Å². The van der Waals surface area contributed by atoms with Crippen molar-refractivity contribution in [2.75, 3.05) is 0 Å². The predicted molar refractivity (Wildman–Crippen MR) is 71.5 cm³/mol. The number of fused-ring (bicyclic) bond motifs is 1. The number of hydrogen-bond acceptors (Lipinski definition) is 3. The highest BCUT2D eigenvalue weighted by molar-refractivity contribution is 7.99. The summed E-state index contributed by atoms with van der Waals surface area (Å²) in [5, 5.41) is 9.74. The van der Waals surface area contributed by atoms with E-state index >= 15 is 0 Å². The molecule has 0 aliphatic heterocycles. The van der Waals surface area contributed by atoms with Gasteiger partial charge >= 0.3 is 0 Å². The second-order valence-electron chi connectivity index (χ2n) is 4.59. The number of nitriles is 1. The maximum absolute atomic E-state index is 13.2. The van der Waals surface area contributed by atoms with Gasteiger partial charge in [-0.1, -0.05) is 11.8 Å². The lowest BCUT2D eigenvalue weighted by atomic mass is 10.2. The lowest BCUT2D eigenvalue weighted by Crippen LogP contribution is -1.95. The first-order chi connectivity index (χ1) is 9.67. The standard InChI is InChI=1S/C15H10F2N2S/c16-12-5-4-11(7-13(12)17)20-15-10(8-18)6-9-2-1-3-14(9)19-15/h4-7H,1-3H2. The van der Waals surface area contributed by atoms with Crippen LogP contribution in [0.4, 0.5) is 8.78 Å². The zero-order valence-electron chi connectivity index (χ0n) is 10.5. The van der Waals surface area contributed by atoms with Gasteiger partial charge in [0.05, 0.1) is 5.56 Å². The Labute approximate surface area is 119 Å². The number of benzene rings is 1. The van der Waals surface area contributed by atoms with Crippen LogP contribution in [-0.2, 0) is 12.8 Å². The first-order valence-corrected chi connectivity index (χ1v) is 7.05. The van der Waals surface area contributed by atoms with Crippen LogP contribution in [0.25, 0.3) is 0 Å². The molecule has 0 N–H and O–H groups in total. The van der Waals surface area contributed by atoms with Gasteiger partial charge in [0.2, 0.25) is 0 Å². The van der Waals surface area contributed by atoms with Crippen molar-refractivity contribution in [1.82, 2.24) is 4.98 Å². The quantitative estimate of drug-likeness (QED) is 0.841. The minimum Gasteiger partial charge on any atom is -0.244 e. The number of rotatable bonds is 2. The van der Waals surface area contributed by atoms with Crippen molar-refractivity contribution in [3.63, 3.8) is 0 Å². The molecular formula is C15H10F2N2S. The minimum absolute atomic E-state index is 0.486. The van der Waals surface area contributed by atoms with E-state index in [-0.39, 0.29) is 0 Å². The van der Waals surface area contributed by atoms with Crippen LogP contribution in [0.1, 0.15) is 23.2 Å². The summed E-state index contributed by atoms with van der Waals surface area (Å²) in [6.07, 6.45) is 2.91. The average molecular weight is 288 g/mol. The number of aryl methyl sites for hydroxylation is 2. The topological polar surface area (TPSA) is 36.7 Å². The molecule has 100 valence electrons. The van der Waals surface area contributed by atoms with Crippen molar-refractivity contribution in [3.05, 3.63) is 52.7 Å². The van der Waals surface area contributed by atoms with Crippen molar-refractivity contribution < 1.29 is 8.78 Å². The summed E-state index contributed by atoms with van der Waals surface area (Å²) in [5.41, 5.74) is 2.62. The lowest BCUT2D eigenvalue weighted by Gasteiger charge is -2.07. The highest BCUT2D eigenvalue weighted by atomic mass is 32.2. The van der Waals surface area contributed by atoms with E-state index in [0.717, 1.165) is 42.7 Å². The molecule has 0 radical (unpaired) electrons. The molecule has 2 nitrogen and oxygen atoms in total. The van der Waals surface area contributed by atoms with E-state index in [1.807, 2.05) is 6.07 Å². The van der Waals surface area contributed by atoms with Gasteiger partial charge < -0.3 is 0 Å². The third-order valence-corrected chi connectivity index (χ3v) is 4.24. The molecule has 0 saturated carbocycles. The Bertz CT molecular complexity index is 723. The van der Waals surface area contributed by atoms with Crippen LogP contribution in [0, 0.1) is 23.0 Å². The van der Waals surface area contributed by atoms with Crippen LogP contribution in [0.5, 0.6) is 0 Å². The fourth-order valence-electron chi connectivity index (χ4n) is 2.26. The molecular weight excluding hydrogens is 278 g/mol. The highest BCUT2D eigenvalue weighted by Crippen LogP contribution is 2.32. The summed E-state index contributed by atoms with van der Waals surface area (Å²) in [6, 6.07) is 7.67. The van der Waals surface area contributed by atoms with Gasteiger partial charge in [0.25, 0.3) is 0 Å². The van der Waals surface area contributed by atoms with Crippen LogP contribution in [0.15, 0.2) is 34.2 Å². The van der Waals surface area contributed by atoms with E-state index in [9.17, 15) is 14.0 Å². The van der Waals surface area contributed by atoms with Gasteiger partial charge in [-0.3, -0.25) is 0 Å². The second-order valence-corrected chi connectivity index (χ2v) is 5.65. The molecule has 20 heavy (non-hydrogen) atoms. The molecule has 0 amide bonds. The fourth-order valence-corrected chi connectivity index (χ4v) is 3.16. The maximum Gasteiger partial charge on any atom is 0.159 e. The molecule has 2 aromatic rings. The van der Waals surface area contributed by atoms with Gasteiger partial charge in [0, 0.05) is 10.6 Å². The zero-order chi connectivity index (χ0) is 14.1. The van der Waals surface area contributed by atoms with Gasteiger partial charge in [-0.05, 0) is 49.1 Å². The zero-order valence-corrected chi connectivity index (χ0v) is 11.3. The summed E-state index contributed by atoms with van der Waals surface area (Å²) in [6.45, 7) is 0. The van der Waals surface area contributed by atoms with E-state index < -0.39 is 11.6 Å². The Morgan fingerprint density at radius 2 is 2.00 bits per heavy atom. The lowest BCUT2D eigenvalue weighted by molar-refractivity contribution is 0.506. The fraction of sp³-hybridized carbons (Fsp3) is 0.200. The van der Waals surface area contributed by atoms with Gasteiger partial charge in [-0.25, -0.2) is 13.8 Å². The van der Waals surface area contributed by atoms with Crippen molar-refractivity contribution >= 4 is 11.8 Å². The summed E-state index contributed by atoms with van der Waals surface area (Å²) in [4.78, 5) is 5.03. The number of hydrogen-bond donors (Lipinski definition) is 0. The highest BCUT2D eigenvalue weighted by Gasteiger charge is 2.17. The molecule has 1 aromatic carbocycles. The summed E-state index contributed by atoms with van der Waals surface area (Å²) in [5.74, 6) is -1.77. The first kappa shape index (κ1) is 13.1. The monoisotopic (exact) mass is 288 g/mol. The number of halogens is 2. The molecule has 1 aromatic heterocycles. The minimum atomic E-state index is -0.894. The Balaban J connectivity index is 1.98. The molecule has 0 bridgehead atoms. The molecule has 5 heteroatoms. The number of aromatic nitrogens is 1. The molecule has 3 rings (SSSR count). The predicted octanol–water partition coefficient (Wildman–Crippen LogP) is 3.87. The second kappa shape index (κ2) is 5.22. The van der Waals surface area contributed by atoms with Crippen molar-refractivity contribution in [1.29, 1.82) is 5.26 Å². The van der Waals surface area contributed by atoms with Gasteiger partial charge in [0.15, 0.2) is 11.6 Å². The van der Waals surface area contributed by atoms with E-state index in [2.05, 4.69) is 11.1 Å². The summed E-state index contributed by atoms with van der Waals surface area (Å²) in [7, 11) is 0. The molecule has 0 atom stereocenters. The number of nitrogens with zero attached hydrogens (tertiary/aromatic N) is 2. The molecule has 0 spiro atoms. The van der Waals surface area contributed by atoms with E-state index in [1.54, 1.807) is 0 Å². The summed E-state index contributed by atoms with van der Waals surface area (Å²) < 4.78 is 26.1. The molecule has 1 aliphatic rings. The molecule has 0 saturated heterocycles. The van der Waals surface area contributed by atoms with Crippen molar-refractivity contribution in [3.8, 4) is 6.07 Å². The van der Waals surface area contributed by atoms with E-state index in [1.165, 1.54) is 17.8 Å². The third kappa shape index (κ3) is 2.39. The summed E-state index contributed by atoms with van der Waals surface area (Å²) >= 11 is 1.19. The van der Waals surface area contributed by atoms with Crippen LogP contribution >= 0.6 is 11.8 Å². The van der Waals surface area contributed by atoms with Crippen LogP contribution < -0.4 is 0 Å². The molecule has 0 unspecified atom stereocenters. The Hall–Kier alpha value is -1.93. The van der Waals surface area contributed by atoms with E-state index in [4.69, 9.17) is 0 Å². The average Bonchev–Trinajstić information content (AvgIpc) is 2.89. The molecule has 0 fully saturated rings. The Morgan fingerprint density at radius 3 is 2.75 bits per heavy atom. The SMILES string of the molecule is N#Cc1cc2c(nc1Sc1ccc(F)c(F)c1)CCC2. The van der Waals surface area contributed by atoms with Gasteiger partial charge in [-0.15, -0.1) is 0 Å². The van der Waals surface area contributed by atoms with Gasteiger partial charge in [-0.2, -0.15) is 5.26 Å². The molecule has 1 heterocycles. The maximum atomic E-state index is 13.2. The smallest absolute Gasteiger partial charge is 0.159 e. The first-order valence-electron chi connectivity index (χ1n) is 6.23. The third-order valence-electron chi connectivity index (χ3n) is 3.24. The van der Waals surface area contributed by atoms with Gasteiger partial charge in [0.1, 0.15) is 11.1 Å². The van der Waals surface area contributed by atoms with Crippen molar-refractivity contribution in [2.24, 2.45) is 0 Å².